The Labute approximate surface area is 89.1 Å². The number of nitrogens with one attached hydrogen (secondary N) is 1. The van der Waals surface area contributed by atoms with Crippen LogP contribution in [0.2, 0.25) is 0 Å². The van der Waals surface area contributed by atoms with Crippen LogP contribution in [-0.2, 0) is 0 Å². The minimum absolute atomic E-state index is 0.0660. The van der Waals surface area contributed by atoms with Gasteiger partial charge < -0.3 is 10.4 Å². The van der Waals surface area contributed by atoms with Crippen LogP contribution in [0.3, 0.4) is 0 Å². The smallest absolute Gasteiger partial charge is 0.254 e. The van der Waals surface area contributed by atoms with E-state index in [1.54, 1.807) is 0 Å². The molecule has 0 aliphatic heterocycles. The molecule has 76 valence electrons. The van der Waals surface area contributed by atoms with Gasteiger partial charge in [-0.25, -0.2) is 4.39 Å². The summed E-state index contributed by atoms with van der Waals surface area (Å²) in [7, 11) is 0. The van der Waals surface area contributed by atoms with E-state index in [4.69, 9.17) is 5.11 Å². The number of amides is 1. The van der Waals surface area contributed by atoms with Crippen LogP contribution in [0, 0.1) is 5.82 Å². The van der Waals surface area contributed by atoms with Crippen molar-refractivity contribution in [3.63, 3.8) is 0 Å². The van der Waals surface area contributed by atoms with E-state index < -0.39 is 11.7 Å². The van der Waals surface area contributed by atoms with Gasteiger partial charge in [-0.1, -0.05) is 15.9 Å². The van der Waals surface area contributed by atoms with Gasteiger partial charge in [-0.05, 0) is 12.1 Å². The van der Waals surface area contributed by atoms with Gasteiger partial charge in [0.05, 0.1) is 5.56 Å². The maximum atomic E-state index is 13.1. The Morgan fingerprint density at radius 2 is 2.29 bits per heavy atom. The van der Waals surface area contributed by atoms with Crippen molar-refractivity contribution in [1.82, 2.24) is 5.32 Å². The Morgan fingerprint density at radius 3 is 2.86 bits per heavy atom. The summed E-state index contributed by atoms with van der Waals surface area (Å²) in [6.45, 7) is 0.430. The lowest BCUT2D eigenvalue weighted by atomic mass is 10.2. The molecule has 0 saturated heterocycles. The van der Waals surface area contributed by atoms with E-state index in [1.165, 1.54) is 12.1 Å². The standard InChI is InChI=1S/C9H9BrFNO2/c10-3-4-12-9(14)7-2-1-6(13)5-8(7)11/h1-2,5,13H,3-4H2,(H,12,14). The third kappa shape index (κ3) is 2.70. The predicted molar refractivity (Wildman–Crippen MR) is 54.2 cm³/mol. The second-order valence-electron chi connectivity index (χ2n) is 2.61. The molecule has 0 aromatic heterocycles. The highest BCUT2D eigenvalue weighted by Gasteiger charge is 2.10. The topological polar surface area (TPSA) is 49.3 Å². The van der Waals surface area contributed by atoms with Crippen LogP contribution < -0.4 is 5.32 Å². The summed E-state index contributed by atoms with van der Waals surface area (Å²) in [5.74, 6) is -1.40. The zero-order chi connectivity index (χ0) is 10.6. The summed E-state index contributed by atoms with van der Waals surface area (Å²) in [5, 5.41) is 12.0. The number of carbonyl (C=O) groups excluding carboxylic acids is 1. The summed E-state index contributed by atoms with van der Waals surface area (Å²) >= 11 is 3.13. The van der Waals surface area contributed by atoms with E-state index in [-0.39, 0.29) is 11.3 Å². The number of phenols is 1. The number of aromatic hydroxyl groups is 1. The molecule has 0 fully saturated rings. The predicted octanol–water partition coefficient (Wildman–Crippen LogP) is 1.66. The van der Waals surface area contributed by atoms with Gasteiger partial charge >= 0.3 is 0 Å². The van der Waals surface area contributed by atoms with Crippen LogP contribution in [0.1, 0.15) is 10.4 Å². The molecule has 1 aromatic rings. The number of carbonyl (C=O) groups is 1. The zero-order valence-corrected chi connectivity index (χ0v) is 8.84. The van der Waals surface area contributed by atoms with Crippen LogP contribution in [0.4, 0.5) is 4.39 Å². The van der Waals surface area contributed by atoms with Gasteiger partial charge in [-0.2, -0.15) is 0 Å². The summed E-state index contributed by atoms with van der Waals surface area (Å²) in [6, 6.07) is 3.42. The Kier molecular flexibility index (Phi) is 3.88. The monoisotopic (exact) mass is 261 g/mol. The molecular formula is C9H9BrFNO2. The highest BCUT2D eigenvalue weighted by molar-refractivity contribution is 9.09. The van der Waals surface area contributed by atoms with Crippen molar-refractivity contribution in [2.24, 2.45) is 0 Å². The largest absolute Gasteiger partial charge is 0.508 e. The summed E-state index contributed by atoms with van der Waals surface area (Å²) in [5.41, 5.74) is -0.0660. The van der Waals surface area contributed by atoms with Crippen molar-refractivity contribution >= 4 is 21.8 Å². The van der Waals surface area contributed by atoms with Crippen LogP contribution >= 0.6 is 15.9 Å². The summed E-state index contributed by atoms with van der Waals surface area (Å²) in [6.07, 6.45) is 0. The third-order valence-corrected chi connectivity index (χ3v) is 1.97. The first-order chi connectivity index (χ1) is 6.65. The van der Waals surface area contributed by atoms with Crippen molar-refractivity contribution in [3.8, 4) is 5.75 Å². The maximum Gasteiger partial charge on any atom is 0.254 e. The number of halogens is 2. The van der Waals surface area contributed by atoms with Gasteiger partial charge in [0.1, 0.15) is 11.6 Å². The lowest BCUT2D eigenvalue weighted by Crippen LogP contribution is -2.25. The number of phenolic OH excluding ortho intramolecular Hbond substituents is 1. The van der Waals surface area contributed by atoms with Crippen molar-refractivity contribution in [2.75, 3.05) is 11.9 Å². The fourth-order valence-electron chi connectivity index (χ4n) is 0.944. The maximum absolute atomic E-state index is 13.1. The average Bonchev–Trinajstić information content (AvgIpc) is 2.14. The van der Waals surface area contributed by atoms with Crippen molar-refractivity contribution in [3.05, 3.63) is 29.6 Å². The van der Waals surface area contributed by atoms with Crippen LogP contribution in [0.15, 0.2) is 18.2 Å². The van der Waals surface area contributed by atoms with E-state index in [0.29, 0.717) is 11.9 Å². The van der Waals surface area contributed by atoms with Gasteiger partial charge in [0, 0.05) is 17.9 Å². The van der Waals surface area contributed by atoms with Crippen molar-refractivity contribution < 1.29 is 14.3 Å². The Bertz CT molecular complexity index is 344. The molecule has 1 aromatic carbocycles. The van der Waals surface area contributed by atoms with Crippen LogP contribution in [0.5, 0.6) is 5.75 Å². The van der Waals surface area contributed by atoms with Crippen molar-refractivity contribution in [1.29, 1.82) is 0 Å². The molecule has 0 aliphatic rings. The molecule has 0 aliphatic carbocycles. The van der Waals surface area contributed by atoms with E-state index in [9.17, 15) is 9.18 Å². The van der Waals surface area contributed by atoms with Gasteiger partial charge in [0.25, 0.3) is 5.91 Å². The van der Waals surface area contributed by atoms with E-state index in [1.807, 2.05) is 0 Å². The second-order valence-corrected chi connectivity index (χ2v) is 3.40. The molecule has 2 N–H and O–H groups in total. The highest BCUT2D eigenvalue weighted by Crippen LogP contribution is 2.14. The molecule has 5 heteroatoms. The van der Waals surface area contributed by atoms with E-state index in [0.717, 1.165) is 6.07 Å². The number of hydrogen-bond acceptors (Lipinski definition) is 2. The van der Waals surface area contributed by atoms with E-state index >= 15 is 0 Å². The molecule has 0 saturated carbocycles. The van der Waals surface area contributed by atoms with Crippen LogP contribution in [-0.4, -0.2) is 22.9 Å². The van der Waals surface area contributed by atoms with E-state index in [2.05, 4.69) is 21.2 Å². The normalized spacial score (nSPS) is 9.86. The molecule has 0 atom stereocenters. The molecule has 1 rings (SSSR count). The minimum Gasteiger partial charge on any atom is -0.508 e. The lowest BCUT2D eigenvalue weighted by Gasteiger charge is -2.04. The fraction of sp³-hybridized carbons (Fsp3) is 0.222. The Balaban J connectivity index is 2.80. The first kappa shape index (κ1) is 11.0. The summed E-state index contributed by atoms with van der Waals surface area (Å²) < 4.78 is 13.1. The molecule has 3 nitrogen and oxygen atoms in total. The number of rotatable bonds is 3. The molecule has 0 radical (unpaired) electrons. The molecule has 1 amide bonds. The second kappa shape index (κ2) is 4.95. The SMILES string of the molecule is O=C(NCCBr)c1ccc(O)cc1F. The third-order valence-electron chi connectivity index (χ3n) is 1.58. The average molecular weight is 262 g/mol. The first-order valence-electron chi connectivity index (χ1n) is 3.98. The van der Waals surface area contributed by atoms with Gasteiger partial charge in [0.2, 0.25) is 0 Å². The molecule has 0 unspecified atom stereocenters. The number of hydrogen-bond donors (Lipinski definition) is 2. The molecule has 14 heavy (non-hydrogen) atoms. The fourth-order valence-corrected chi connectivity index (χ4v) is 1.14. The first-order valence-corrected chi connectivity index (χ1v) is 5.10. The molecule has 0 bridgehead atoms. The zero-order valence-electron chi connectivity index (χ0n) is 7.26. The highest BCUT2D eigenvalue weighted by atomic mass is 79.9. The van der Waals surface area contributed by atoms with Crippen LogP contribution in [0.25, 0.3) is 0 Å². The Hall–Kier alpha value is -1.10. The lowest BCUT2D eigenvalue weighted by molar-refractivity contribution is 0.0952. The number of alkyl halides is 1. The molecule has 0 heterocycles. The van der Waals surface area contributed by atoms with Gasteiger partial charge in [-0.3, -0.25) is 4.79 Å². The molecule has 0 spiro atoms. The van der Waals surface area contributed by atoms with Gasteiger partial charge in [-0.15, -0.1) is 0 Å². The quantitative estimate of drug-likeness (QED) is 0.814. The van der Waals surface area contributed by atoms with Gasteiger partial charge in [0.15, 0.2) is 0 Å². The number of benzene rings is 1. The minimum atomic E-state index is -0.725. The summed E-state index contributed by atoms with van der Waals surface area (Å²) in [4.78, 5) is 11.3. The Morgan fingerprint density at radius 1 is 1.57 bits per heavy atom. The van der Waals surface area contributed by atoms with Crippen molar-refractivity contribution in [2.45, 2.75) is 0 Å². The molecular weight excluding hydrogens is 253 g/mol.